The van der Waals surface area contributed by atoms with Crippen LogP contribution in [0.2, 0.25) is 0 Å². The van der Waals surface area contributed by atoms with E-state index in [0.717, 1.165) is 13.2 Å². The second-order valence-corrected chi connectivity index (χ2v) is 6.61. The van der Waals surface area contributed by atoms with Gasteiger partial charge in [-0.25, -0.2) is 0 Å². The molecule has 0 saturated carbocycles. The molecule has 3 aromatic rings. The summed E-state index contributed by atoms with van der Waals surface area (Å²) < 4.78 is 4.94. The SMILES string of the molecule is C1CCOC1.CN.c1ccc2c(c1)ccc1c3c(ccc12)CCCC3. The van der Waals surface area contributed by atoms with Gasteiger partial charge in [-0.05, 0) is 78.2 Å². The Balaban J connectivity index is 0.000000222. The third kappa shape index (κ3) is 4.02. The van der Waals surface area contributed by atoms with Crippen molar-refractivity contribution in [2.24, 2.45) is 5.73 Å². The Labute approximate surface area is 151 Å². The summed E-state index contributed by atoms with van der Waals surface area (Å²) in [7, 11) is 1.50. The van der Waals surface area contributed by atoms with Crippen molar-refractivity contribution in [2.75, 3.05) is 20.3 Å². The van der Waals surface area contributed by atoms with Crippen LogP contribution < -0.4 is 5.73 Å². The van der Waals surface area contributed by atoms with Crippen LogP contribution in [0.1, 0.15) is 36.8 Å². The number of benzene rings is 3. The van der Waals surface area contributed by atoms with E-state index in [1.54, 1.807) is 11.1 Å². The van der Waals surface area contributed by atoms with E-state index in [9.17, 15) is 0 Å². The monoisotopic (exact) mass is 335 g/mol. The first kappa shape index (κ1) is 17.9. The van der Waals surface area contributed by atoms with E-state index in [1.807, 2.05) is 0 Å². The van der Waals surface area contributed by atoms with Crippen LogP contribution >= 0.6 is 0 Å². The summed E-state index contributed by atoms with van der Waals surface area (Å²) in [6, 6.07) is 18.0. The highest BCUT2D eigenvalue weighted by atomic mass is 16.5. The molecule has 0 spiro atoms. The van der Waals surface area contributed by atoms with Gasteiger partial charge >= 0.3 is 0 Å². The molecule has 0 unspecified atom stereocenters. The van der Waals surface area contributed by atoms with Crippen LogP contribution in [0, 0.1) is 0 Å². The minimum Gasteiger partial charge on any atom is -0.381 e. The molecule has 0 aromatic heterocycles. The van der Waals surface area contributed by atoms with Gasteiger partial charge in [-0.1, -0.05) is 48.5 Å². The van der Waals surface area contributed by atoms with Crippen molar-refractivity contribution in [3.05, 3.63) is 59.7 Å². The number of hydrogen-bond donors (Lipinski definition) is 1. The highest BCUT2D eigenvalue weighted by Gasteiger charge is 2.13. The van der Waals surface area contributed by atoms with Crippen LogP contribution in [0.15, 0.2) is 48.5 Å². The Morgan fingerprint density at radius 3 is 2.16 bits per heavy atom. The minimum atomic E-state index is 1.00. The molecule has 1 saturated heterocycles. The predicted molar refractivity (Wildman–Crippen MR) is 108 cm³/mol. The van der Waals surface area contributed by atoms with E-state index in [1.165, 1.54) is 67.1 Å². The topological polar surface area (TPSA) is 35.2 Å². The number of fused-ring (bicyclic) bond motifs is 5. The Kier molecular flexibility index (Phi) is 6.43. The lowest BCUT2D eigenvalue weighted by Gasteiger charge is -2.18. The second kappa shape index (κ2) is 8.98. The molecule has 0 radical (unpaired) electrons. The fraction of sp³-hybridized carbons (Fsp3) is 0.391. The third-order valence-corrected chi connectivity index (χ3v) is 5.08. The zero-order valence-electron chi connectivity index (χ0n) is 15.3. The molecule has 2 N–H and O–H groups in total. The number of nitrogens with two attached hydrogens (primary N) is 1. The predicted octanol–water partition coefficient (Wildman–Crippen LogP) is 5.24. The van der Waals surface area contributed by atoms with E-state index in [2.05, 4.69) is 54.3 Å². The maximum atomic E-state index is 4.94. The van der Waals surface area contributed by atoms with E-state index in [0.29, 0.717) is 0 Å². The average molecular weight is 335 g/mol. The fourth-order valence-corrected chi connectivity index (χ4v) is 3.85. The Morgan fingerprint density at radius 1 is 0.680 bits per heavy atom. The van der Waals surface area contributed by atoms with Gasteiger partial charge in [-0.2, -0.15) is 0 Å². The summed E-state index contributed by atoms with van der Waals surface area (Å²) in [5.74, 6) is 0. The lowest BCUT2D eigenvalue weighted by atomic mass is 9.86. The maximum absolute atomic E-state index is 4.94. The van der Waals surface area contributed by atoms with Gasteiger partial charge in [0.2, 0.25) is 0 Å². The van der Waals surface area contributed by atoms with E-state index in [-0.39, 0.29) is 0 Å². The zero-order chi connectivity index (χ0) is 17.5. The van der Waals surface area contributed by atoms with Crippen molar-refractivity contribution < 1.29 is 4.74 Å². The molecule has 2 aliphatic rings. The molecule has 0 bridgehead atoms. The highest BCUT2D eigenvalue weighted by molar-refractivity contribution is 6.08. The summed E-state index contributed by atoms with van der Waals surface area (Å²) in [4.78, 5) is 0. The van der Waals surface area contributed by atoms with Gasteiger partial charge in [0.15, 0.2) is 0 Å². The molecule has 0 atom stereocenters. The number of aryl methyl sites for hydroxylation is 2. The molecule has 5 rings (SSSR count). The molecule has 2 heteroatoms. The Morgan fingerprint density at radius 2 is 1.40 bits per heavy atom. The fourth-order valence-electron chi connectivity index (χ4n) is 3.85. The number of ether oxygens (including phenoxy) is 1. The first-order valence-corrected chi connectivity index (χ1v) is 9.51. The lowest BCUT2D eigenvalue weighted by Crippen LogP contribution is -2.02. The van der Waals surface area contributed by atoms with Crippen LogP contribution in [0.3, 0.4) is 0 Å². The first-order valence-electron chi connectivity index (χ1n) is 9.51. The van der Waals surface area contributed by atoms with Crippen molar-refractivity contribution in [3.8, 4) is 0 Å². The molecule has 1 heterocycles. The Bertz CT molecular complexity index is 813. The van der Waals surface area contributed by atoms with Gasteiger partial charge in [0, 0.05) is 13.2 Å². The average Bonchev–Trinajstić information content (AvgIpc) is 3.29. The summed E-state index contributed by atoms with van der Waals surface area (Å²) in [6.45, 7) is 2.00. The normalized spacial score (nSPS) is 15.8. The van der Waals surface area contributed by atoms with Gasteiger partial charge < -0.3 is 10.5 Å². The molecular weight excluding hydrogens is 306 g/mol. The lowest BCUT2D eigenvalue weighted by molar-refractivity contribution is 0.198. The quantitative estimate of drug-likeness (QED) is 0.570. The van der Waals surface area contributed by atoms with Crippen LogP contribution in [0.25, 0.3) is 21.5 Å². The molecule has 0 amide bonds. The minimum absolute atomic E-state index is 1.00. The third-order valence-electron chi connectivity index (χ3n) is 5.08. The number of rotatable bonds is 0. The molecule has 1 fully saturated rings. The summed E-state index contributed by atoms with van der Waals surface area (Å²) >= 11 is 0. The summed E-state index contributed by atoms with van der Waals surface area (Å²) in [5, 5.41) is 5.64. The van der Waals surface area contributed by atoms with E-state index in [4.69, 9.17) is 4.74 Å². The van der Waals surface area contributed by atoms with Crippen LogP contribution in [-0.2, 0) is 17.6 Å². The van der Waals surface area contributed by atoms with Crippen molar-refractivity contribution in [1.82, 2.24) is 0 Å². The smallest absolute Gasteiger partial charge is 0.0466 e. The van der Waals surface area contributed by atoms with Crippen LogP contribution in [-0.4, -0.2) is 20.3 Å². The Hall–Kier alpha value is -1.90. The largest absolute Gasteiger partial charge is 0.381 e. The van der Waals surface area contributed by atoms with Crippen molar-refractivity contribution in [3.63, 3.8) is 0 Å². The zero-order valence-corrected chi connectivity index (χ0v) is 15.3. The standard InChI is InChI=1S/C18H16.C4H8O.CH5N/c1-3-7-15-13(5-1)9-11-18-16-8-4-2-6-14(16)10-12-17(15)18;1-2-4-5-3-1;1-2/h1,3,5,7,9-12H,2,4,6,8H2;1-4H2;2H2,1H3. The molecule has 1 aliphatic carbocycles. The van der Waals surface area contributed by atoms with Crippen molar-refractivity contribution in [1.29, 1.82) is 0 Å². The molecule has 2 nitrogen and oxygen atoms in total. The molecule has 25 heavy (non-hydrogen) atoms. The van der Waals surface area contributed by atoms with Gasteiger partial charge in [-0.3, -0.25) is 0 Å². The van der Waals surface area contributed by atoms with Gasteiger partial charge in [-0.15, -0.1) is 0 Å². The van der Waals surface area contributed by atoms with Crippen LogP contribution in [0.4, 0.5) is 0 Å². The molecule has 1 aliphatic heterocycles. The maximum Gasteiger partial charge on any atom is 0.0466 e. The second-order valence-electron chi connectivity index (χ2n) is 6.61. The number of hydrogen-bond acceptors (Lipinski definition) is 2. The van der Waals surface area contributed by atoms with E-state index >= 15 is 0 Å². The van der Waals surface area contributed by atoms with Gasteiger partial charge in [0.1, 0.15) is 0 Å². The van der Waals surface area contributed by atoms with E-state index < -0.39 is 0 Å². The van der Waals surface area contributed by atoms with Gasteiger partial charge in [0.05, 0.1) is 0 Å². The first-order chi connectivity index (χ1) is 12.4. The molecule has 132 valence electrons. The highest BCUT2D eigenvalue weighted by Crippen LogP contribution is 2.33. The van der Waals surface area contributed by atoms with Crippen LogP contribution in [0.5, 0.6) is 0 Å². The van der Waals surface area contributed by atoms with Crippen molar-refractivity contribution in [2.45, 2.75) is 38.5 Å². The summed E-state index contributed by atoms with van der Waals surface area (Å²) in [5.41, 5.74) is 7.67. The summed E-state index contributed by atoms with van der Waals surface area (Å²) in [6.07, 6.45) is 7.77. The molecule has 3 aromatic carbocycles. The molecular formula is C23H29NO. The van der Waals surface area contributed by atoms with Crippen molar-refractivity contribution >= 4 is 21.5 Å². The van der Waals surface area contributed by atoms with Gasteiger partial charge in [0.25, 0.3) is 0 Å².